The second kappa shape index (κ2) is 7.09. The molecule has 0 radical (unpaired) electrons. The van der Waals surface area contributed by atoms with Crippen molar-refractivity contribution in [3.05, 3.63) is 59.1 Å². The van der Waals surface area contributed by atoms with E-state index < -0.39 is 10.9 Å². The monoisotopic (exact) mass is 402 g/mol. The Morgan fingerprint density at radius 3 is 2.81 bits per heavy atom. The van der Waals surface area contributed by atoms with Gasteiger partial charge in [-0.2, -0.15) is 0 Å². The number of thioether (sulfide) groups is 1. The summed E-state index contributed by atoms with van der Waals surface area (Å²) >= 11 is 7.72. The Balaban J connectivity index is 1.63. The molecule has 0 spiro atoms. The topological polar surface area (TPSA) is 58.6 Å². The van der Waals surface area contributed by atoms with Gasteiger partial charge in [-0.1, -0.05) is 41.9 Å². The summed E-state index contributed by atoms with van der Waals surface area (Å²) in [6, 6.07) is 14.5. The lowest BCUT2D eigenvalue weighted by Crippen LogP contribution is -2.48. The highest BCUT2D eigenvalue weighted by Crippen LogP contribution is 2.54. The van der Waals surface area contributed by atoms with Gasteiger partial charge in [-0.15, -0.1) is 11.8 Å². The van der Waals surface area contributed by atoms with Crippen LogP contribution < -0.4 is 10.1 Å². The Kier molecular flexibility index (Phi) is 4.78. The number of amides is 2. The van der Waals surface area contributed by atoms with E-state index in [1.807, 2.05) is 30.3 Å². The summed E-state index contributed by atoms with van der Waals surface area (Å²) in [4.78, 5) is 27.0. The first-order chi connectivity index (χ1) is 13.0. The fourth-order valence-corrected chi connectivity index (χ4v) is 5.65. The molecular weight excluding hydrogens is 384 g/mol. The van der Waals surface area contributed by atoms with Crippen LogP contribution in [0.4, 0.5) is 5.69 Å². The van der Waals surface area contributed by atoms with Crippen molar-refractivity contribution >= 4 is 40.9 Å². The van der Waals surface area contributed by atoms with Crippen LogP contribution >= 0.6 is 23.4 Å². The number of nitrogens with one attached hydrogen (secondary N) is 1. The number of fused-ring (bicyclic) bond motifs is 1. The second-order valence-corrected chi connectivity index (χ2v) is 8.31. The van der Waals surface area contributed by atoms with E-state index in [0.717, 1.165) is 5.56 Å². The third-order valence-corrected chi connectivity index (χ3v) is 6.91. The van der Waals surface area contributed by atoms with Gasteiger partial charge < -0.3 is 15.0 Å². The van der Waals surface area contributed by atoms with E-state index in [1.165, 1.54) is 7.11 Å². The van der Waals surface area contributed by atoms with Crippen molar-refractivity contribution in [3.63, 3.8) is 0 Å². The second-order valence-electron chi connectivity index (χ2n) is 6.57. The van der Waals surface area contributed by atoms with Crippen molar-refractivity contribution in [2.75, 3.05) is 18.2 Å². The quantitative estimate of drug-likeness (QED) is 0.843. The highest BCUT2D eigenvalue weighted by Gasteiger charge is 2.56. The van der Waals surface area contributed by atoms with Crippen molar-refractivity contribution in [1.29, 1.82) is 0 Å². The summed E-state index contributed by atoms with van der Waals surface area (Å²) in [6.07, 6.45) is 1.16. The predicted molar refractivity (Wildman–Crippen MR) is 107 cm³/mol. The summed E-state index contributed by atoms with van der Waals surface area (Å²) in [5, 5.41) is 3.39. The third kappa shape index (κ3) is 3.07. The van der Waals surface area contributed by atoms with Gasteiger partial charge in [0, 0.05) is 17.2 Å². The number of carbonyl (C=O) groups is 2. The lowest BCUT2D eigenvalue weighted by Gasteiger charge is -2.34. The summed E-state index contributed by atoms with van der Waals surface area (Å²) in [6.45, 7) is 0. The molecule has 0 bridgehead atoms. The fourth-order valence-electron chi connectivity index (χ4n) is 3.83. The van der Waals surface area contributed by atoms with Gasteiger partial charge in [0.1, 0.15) is 16.7 Å². The van der Waals surface area contributed by atoms with Crippen LogP contribution in [0.3, 0.4) is 0 Å². The molecule has 2 saturated heterocycles. The predicted octanol–water partition coefficient (Wildman–Crippen LogP) is 3.88. The smallest absolute Gasteiger partial charge is 0.248 e. The number of ether oxygens (including phenoxy) is 1. The minimum absolute atomic E-state index is 0.0158. The third-order valence-electron chi connectivity index (χ3n) is 5.07. The number of carbonyl (C=O) groups excluding carboxylic acids is 2. The summed E-state index contributed by atoms with van der Waals surface area (Å²) in [5.74, 6) is 0.869. The first-order valence-corrected chi connectivity index (χ1v) is 10.1. The van der Waals surface area contributed by atoms with Crippen molar-refractivity contribution in [2.24, 2.45) is 0 Å². The maximum atomic E-state index is 13.0. The highest BCUT2D eigenvalue weighted by atomic mass is 35.5. The van der Waals surface area contributed by atoms with Gasteiger partial charge in [0.15, 0.2) is 0 Å². The number of anilines is 1. The van der Waals surface area contributed by atoms with Crippen LogP contribution in [-0.4, -0.2) is 35.6 Å². The summed E-state index contributed by atoms with van der Waals surface area (Å²) < 4.78 is 5.30. The Labute approximate surface area is 167 Å². The molecule has 2 aromatic rings. The first kappa shape index (κ1) is 18.2. The molecule has 2 amide bonds. The molecule has 7 heteroatoms. The van der Waals surface area contributed by atoms with Crippen LogP contribution in [0.2, 0.25) is 5.02 Å². The molecule has 2 aromatic carbocycles. The minimum Gasteiger partial charge on any atom is -0.495 e. The summed E-state index contributed by atoms with van der Waals surface area (Å²) in [5.41, 5.74) is 1.57. The van der Waals surface area contributed by atoms with E-state index in [2.05, 4.69) is 5.32 Å². The van der Waals surface area contributed by atoms with E-state index in [4.69, 9.17) is 16.3 Å². The zero-order valence-corrected chi connectivity index (χ0v) is 16.3. The van der Waals surface area contributed by atoms with E-state index >= 15 is 0 Å². The van der Waals surface area contributed by atoms with Crippen molar-refractivity contribution < 1.29 is 14.3 Å². The van der Waals surface area contributed by atoms with Gasteiger partial charge in [-0.3, -0.25) is 9.59 Å². The molecule has 0 saturated carbocycles. The van der Waals surface area contributed by atoms with E-state index in [9.17, 15) is 9.59 Å². The Hall–Kier alpha value is -2.18. The van der Waals surface area contributed by atoms with Crippen LogP contribution in [0, 0.1) is 0 Å². The molecule has 4 rings (SSSR count). The molecule has 27 heavy (non-hydrogen) atoms. The zero-order chi connectivity index (χ0) is 19.0. The molecule has 140 valence electrons. The van der Waals surface area contributed by atoms with Crippen LogP contribution in [0.5, 0.6) is 5.75 Å². The van der Waals surface area contributed by atoms with Gasteiger partial charge in [0.2, 0.25) is 11.8 Å². The van der Waals surface area contributed by atoms with Crippen LogP contribution in [0.25, 0.3) is 0 Å². The molecule has 2 fully saturated rings. The number of nitrogens with zero attached hydrogens (tertiary/aromatic N) is 1. The minimum atomic E-state index is -0.533. The van der Waals surface area contributed by atoms with Gasteiger partial charge in [0.25, 0.3) is 0 Å². The number of rotatable bonds is 4. The SMILES string of the molecule is COc1ccc(Cl)cc1NC(=O)[C@H]1CS[C@]2(c3ccccc3)CCC(=O)N12. The molecule has 5 nitrogen and oxygen atoms in total. The Morgan fingerprint density at radius 1 is 1.30 bits per heavy atom. The van der Waals surface area contributed by atoms with Crippen molar-refractivity contribution in [3.8, 4) is 5.75 Å². The molecule has 0 aromatic heterocycles. The van der Waals surface area contributed by atoms with E-state index in [0.29, 0.717) is 35.1 Å². The molecule has 0 unspecified atom stereocenters. The first-order valence-electron chi connectivity index (χ1n) is 8.71. The molecular formula is C20H19ClN2O3S. The average Bonchev–Trinajstić information content (AvgIpc) is 3.22. The van der Waals surface area contributed by atoms with Crippen molar-refractivity contribution in [2.45, 2.75) is 23.8 Å². The van der Waals surface area contributed by atoms with Gasteiger partial charge in [-0.05, 0) is 30.2 Å². The molecule has 1 N–H and O–H groups in total. The molecule has 2 atom stereocenters. The van der Waals surface area contributed by atoms with Gasteiger partial charge >= 0.3 is 0 Å². The van der Waals surface area contributed by atoms with Crippen LogP contribution in [-0.2, 0) is 14.5 Å². The maximum Gasteiger partial charge on any atom is 0.248 e. The molecule has 0 aliphatic carbocycles. The standard InChI is InChI=1S/C20H19ClN2O3S/c1-26-17-8-7-14(21)11-15(17)22-19(25)16-12-27-20(10-9-18(24)23(16)20)13-5-3-2-4-6-13/h2-8,11,16H,9-10,12H2,1H3,(H,22,25)/t16-,20+/m1/s1. The number of methoxy groups -OCH3 is 1. The Bertz CT molecular complexity index is 892. The molecule has 2 aliphatic heterocycles. The normalized spacial score (nSPS) is 24.0. The van der Waals surface area contributed by atoms with E-state index in [-0.39, 0.29) is 11.8 Å². The summed E-state index contributed by atoms with van der Waals surface area (Å²) in [7, 11) is 1.54. The number of halogens is 1. The molecule has 2 aliphatic rings. The largest absolute Gasteiger partial charge is 0.495 e. The number of hydrogen-bond donors (Lipinski definition) is 1. The van der Waals surface area contributed by atoms with E-state index in [1.54, 1.807) is 34.9 Å². The van der Waals surface area contributed by atoms with Gasteiger partial charge in [-0.25, -0.2) is 0 Å². The van der Waals surface area contributed by atoms with Crippen LogP contribution in [0.1, 0.15) is 18.4 Å². The lowest BCUT2D eigenvalue weighted by atomic mass is 10.0. The fraction of sp³-hybridized carbons (Fsp3) is 0.300. The average molecular weight is 403 g/mol. The Morgan fingerprint density at radius 2 is 2.07 bits per heavy atom. The van der Waals surface area contributed by atoms with Crippen LogP contribution in [0.15, 0.2) is 48.5 Å². The highest BCUT2D eigenvalue weighted by molar-refractivity contribution is 8.00. The number of benzene rings is 2. The zero-order valence-electron chi connectivity index (χ0n) is 14.8. The maximum absolute atomic E-state index is 13.0. The number of hydrogen-bond acceptors (Lipinski definition) is 4. The van der Waals surface area contributed by atoms with Gasteiger partial charge in [0.05, 0.1) is 12.8 Å². The molecule has 2 heterocycles. The van der Waals surface area contributed by atoms with Crippen molar-refractivity contribution in [1.82, 2.24) is 4.90 Å². The lowest BCUT2D eigenvalue weighted by molar-refractivity contribution is -0.136.